The lowest BCUT2D eigenvalue weighted by Gasteiger charge is -2.19. The van der Waals surface area contributed by atoms with E-state index < -0.39 is 17.8 Å². The normalized spacial score (nSPS) is 10.9. The second-order valence-corrected chi connectivity index (χ2v) is 5.06. The van der Waals surface area contributed by atoms with Crippen LogP contribution in [-0.2, 0) is 9.47 Å². The quantitative estimate of drug-likeness (QED) is 0.833. The van der Waals surface area contributed by atoms with E-state index in [1.165, 1.54) is 12.4 Å². The molecular weight excluding hydrogens is 278 g/mol. The van der Waals surface area contributed by atoms with Crippen LogP contribution in [0, 0.1) is 0 Å². The summed E-state index contributed by atoms with van der Waals surface area (Å²) in [5, 5.41) is 2.54. The van der Waals surface area contributed by atoms with Crippen molar-refractivity contribution in [1.82, 2.24) is 14.9 Å². The SMILES string of the molecule is CCOC(=O)n1ccnc1OCCNC(=O)OC(C)(C)C. The molecule has 0 unspecified atom stereocenters. The second kappa shape index (κ2) is 7.51. The number of carbonyl (C=O) groups is 2. The summed E-state index contributed by atoms with van der Waals surface area (Å²) in [4.78, 5) is 26.8. The van der Waals surface area contributed by atoms with Crippen molar-refractivity contribution in [3.63, 3.8) is 0 Å². The van der Waals surface area contributed by atoms with Gasteiger partial charge in [-0.05, 0) is 27.7 Å². The molecule has 1 N–H and O–H groups in total. The number of nitrogens with one attached hydrogen (secondary N) is 1. The van der Waals surface area contributed by atoms with Crippen LogP contribution < -0.4 is 10.1 Å². The molecular formula is C13H21N3O5. The van der Waals surface area contributed by atoms with Crippen LogP contribution in [0.5, 0.6) is 6.01 Å². The standard InChI is InChI=1S/C13H21N3O5/c1-5-19-12(18)16-8-6-14-10(16)20-9-7-15-11(17)21-13(2,3)4/h6,8H,5,7,9H2,1-4H3,(H,15,17). The van der Waals surface area contributed by atoms with Gasteiger partial charge in [0, 0.05) is 12.4 Å². The van der Waals surface area contributed by atoms with Crippen LogP contribution in [0.25, 0.3) is 0 Å². The fraction of sp³-hybridized carbons (Fsp3) is 0.615. The first-order chi connectivity index (χ1) is 9.83. The number of aromatic nitrogens is 2. The molecule has 1 aromatic heterocycles. The molecule has 0 saturated heterocycles. The van der Waals surface area contributed by atoms with Crippen LogP contribution in [0.3, 0.4) is 0 Å². The first kappa shape index (κ1) is 16.8. The maximum atomic E-state index is 11.6. The Bertz CT molecular complexity index is 478. The van der Waals surface area contributed by atoms with Crippen molar-refractivity contribution in [1.29, 1.82) is 0 Å². The van der Waals surface area contributed by atoms with Gasteiger partial charge in [-0.15, -0.1) is 0 Å². The summed E-state index contributed by atoms with van der Waals surface area (Å²) in [6.07, 6.45) is 1.77. The lowest BCUT2D eigenvalue weighted by molar-refractivity contribution is 0.0518. The first-order valence-corrected chi connectivity index (χ1v) is 6.63. The molecule has 0 aliphatic heterocycles. The van der Waals surface area contributed by atoms with E-state index in [4.69, 9.17) is 14.2 Å². The van der Waals surface area contributed by atoms with Crippen LogP contribution >= 0.6 is 0 Å². The van der Waals surface area contributed by atoms with E-state index in [1.54, 1.807) is 27.7 Å². The first-order valence-electron chi connectivity index (χ1n) is 6.63. The molecule has 1 heterocycles. The molecule has 0 saturated carbocycles. The zero-order chi connectivity index (χ0) is 15.9. The minimum Gasteiger partial charge on any atom is -0.462 e. The molecule has 8 heteroatoms. The molecule has 0 atom stereocenters. The number of carbonyl (C=O) groups excluding carboxylic acids is 2. The molecule has 0 aliphatic carbocycles. The maximum absolute atomic E-state index is 11.6. The minimum atomic E-state index is -0.565. The molecule has 0 aliphatic rings. The lowest BCUT2D eigenvalue weighted by atomic mass is 10.2. The molecule has 118 valence electrons. The van der Waals surface area contributed by atoms with Gasteiger partial charge in [-0.25, -0.2) is 19.1 Å². The van der Waals surface area contributed by atoms with E-state index in [1.807, 2.05) is 0 Å². The van der Waals surface area contributed by atoms with Gasteiger partial charge in [-0.1, -0.05) is 0 Å². The smallest absolute Gasteiger partial charge is 0.422 e. The van der Waals surface area contributed by atoms with Crippen LogP contribution in [0.1, 0.15) is 27.7 Å². The number of amides is 1. The summed E-state index contributed by atoms with van der Waals surface area (Å²) in [6.45, 7) is 7.68. The largest absolute Gasteiger partial charge is 0.462 e. The summed E-state index contributed by atoms with van der Waals surface area (Å²) < 4.78 is 16.4. The number of alkyl carbamates (subject to hydrolysis) is 1. The van der Waals surface area contributed by atoms with Gasteiger partial charge in [0.2, 0.25) is 0 Å². The van der Waals surface area contributed by atoms with Crippen molar-refractivity contribution in [2.45, 2.75) is 33.3 Å². The molecule has 21 heavy (non-hydrogen) atoms. The summed E-state index contributed by atoms with van der Waals surface area (Å²) in [6, 6.07) is 0.111. The number of ether oxygens (including phenoxy) is 3. The third kappa shape index (κ3) is 6.15. The van der Waals surface area contributed by atoms with Crippen molar-refractivity contribution in [3.05, 3.63) is 12.4 Å². The van der Waals surface area contributed by atoms with Gasteiger partial charge < -0.3 is 19.5 Å². The third-order valence-electron chi connectivity index (χ3n) is 2.07. The summed E-state index contributed by atoms with van der Waals surface area (Å²) in [5.74, 6) is 0. The average molecular weight is 299 g/mol. The van der Waals surface area contributed by atoms with Gasteiger partial charge in [0.25, 0.3) is 0 Å². The van der Waals surface area contributed by atoms with Gasteiger partial charge in [-0.2, -0.15) is 0 Å². The molecule has 8 nitrogen and oxygen atoms in total. The maximum Gasteiger partial charge on any atom is 0.422 e. The highest BCUT2D eigenvalue weighted by Crippen LogP contribution is 2.08. The zero-order valence-electron chi connectivity index (χ0n) is 12.7. The topological polar surface area (TPSA) is 91.7 Å². The van der Waals surface area contributed by atoms with Crippen molar-refractivity contribution in [2.75, 3.05) is 19.8 Å². The Morgan fingerprint density at radius 2 is 2.10 bits per heavy atom. The van der Waals surface area contributed by atoms with Gasteiger partial charge in [0.1, 0.15) is 12.2 Å². The fourth-order valence-electron chi connectivity index (χ4n) is 1.34. The summed E-state index contributed by atoms with van der Waals surface area (Å²) in [7, 11) is 0. The molecule has 0 fully saturated rings. The van der Waals surface area contributed by atoms with Crippen LogP contribution in [0.2, 0.25) is 0 Å². The number of hydrogen-bond donors (Lipinski definition) is 1. The highest BCUT2D eigenvalue weighted by atomic mass is 16.6. The van der Waals surface area contributed by atoms with E-state index in [2.05, 4.69) is 10.3 Å². The van der Waals surface area contributed by atoms with Crippen LogP contribution in [0.4, 0.5) is 9.59 Å². The van der Waals surface area contributed by atoms with Gasteiger partial charge in [0.15, 0.2) is 0 Å². The predicted molar refractivity (Wildman–Crippen MR) is 74.4 cm³/mol. The number of imidazole rings is 1. The van der Waals surface area contributed by atoms with Crippen LogP contribution in [0.15, 0.2) is 12.4 Å². The van der Waals surface area contributed by atoms with Crippen molar-refractivity contribution in [2.24, 2.45) is 0 Å². The van der Waals surface area contributed by atoms with Gasteiger partial charge in [0.05, 0.1) is 13.2 Å². The zero-order valence-corrected chi connectivity index (χ0v) is 12.7. The molecule has 0 bridgehead atoms. The Hall–Kier alpha value is -2.25. The van der Waals surface area contributed by atoms with E-state index >= 15 is 0 Å². The molecule has 1 amide bonds. The molecule has 0 spiro atoms. The van der Waals surface area contributed by atoms with E-state index in [0.717, 1.165) is 4.57 Å². The Morgan fingerprint density at radius 3 is 2.71 bits per heavy atom. The fourth-order valence-corrected chi connectivity index (χ4v) is 1.34. The molecule has 1 rings (SSSR count). The van der Waals surface area contributed by atoms with Crippen molar-refractivity contribution < 1.29 is 23.8 Å². The van der Waals surface area contributed by atoms with Gasteiger partial charge >= 0.3 is 18.2 Å². The summed E-state index contributed by atoms with van der Waals surface area (Å²) in [5.41, 5.74) is -0.550. The van der Waals surface area contributed by atoms with E-state index in [9.17, 15) is 9.59 Å². The highest BCUT2D eigenvalue weighted by molar-refractivity contribution is 5.71. The second-order valence-electron chi connectivity index (χ2n) is 5.06. The van der Waals surface area contributed by atoms with Crippen molar-refractivity contribution >= 4 is 12.2 Å². The minimum absolute atomic E-state index is 0.111. The van der Waals surface area contributed by atoms with Crippen LogP contribution in [-0.4, -0.2) is 47.1 Å². The lowest BCUT2D eigenvalue weighted by Crippen LogP contribution is -2.34. The number of nitrogens with zero attached hydrogens (tertiary/aromatic N) is 2. The monoisotopic (exact) mass is 299 g/mol. The predicted octanol–water partition coefficient (Wildman–Crippen LogP) is 1.79. The number of rotatable bonds is 5. The third-order valence-corrected chi connectivity index (χ3v) is 2.07. The molecule has 0 radical (unpaired) electrons. The van der Waals surface area contributed by atoms with Gasteiger partial charge in [-0.3, -0.25) is 0 Å². The highest BCUT2D eigenvalue weighted by Gasteiger charge is 2.16. The van der Waals surface area contributed by atoms with E-state index in [0.29, 0.717) is 0 Å². The molecule has 0 aromatic carbocycles. The Balaban J connectivity index is 2.35. The van der Waals surface area contributed by atoms with Crippen molar-refractivity contribution in [3.8, 4) is 6.01 Å². The molecule has 1 aromatic rings. The Kier molecular flexibility index (Phi) is 6.01. The average Bonchev–Trinajstić information content (AvgIpc) is 2.81. The number of hydrogen-bond acceptors (Lipinski definition) is 6. The summed E-state index contributed by atoms with van der Waals surface area (Å²) >= 11 is 0. The van der Waals surface area contributed by atoms with E-state index in [-0.39, 0.29) is 25.8 Å². The Morgan fingerprint density at radius 1 is 1.38 bits per heavy atom. The Labute approximate surface area is 123 Å².